The number of nitrogens with two attached hydrogens (primary N) is 1. The average molecular weight is 235 g/mol. The van der Waals surface area contributed by atoms with Crippen LogP contribution >= 0.6 is 11.3 Å². The molecule has 0 aliphatic rings. The Morgan fingerprint density at radius 3 is 2.88 bits per heavy atom. The lowest BCUT2D eigenvalue weighted by molar-refractivity contribution is 0.0701. The van der Waals surface area contributed by atoms with Crippen LogP contribution < -0.4 is 5.73 Å². The average Bonchev–Trinajstić information content (AvgIpc) is 2.60. The van der Waals surface area contributed by atoms with Crippen LogP contribution in [0, 0.1) is 6.92 Å². The molecule has 5 nitrogen and oxygen atoms in total. The standard InChI is InChI=1S/C10H9N3O2S/c1-5-8(10(14)15)16-9(13-5)6-2-3-12-7(11)4-6/h2-4H,1H3,(H2,11,12)(H,14,15). The van der Waals surface area contributed by atoms with Gasteiger partial charge in [-0.15, -0.1) is 11.3 Å². The van der Waals surface area contributed by atoms with Crippen LogP contribution in [0.15, 0.2) is 18.3 Å². The second kappa shape index (κ2) is 3.90. The molecule has 6 heteroatoms. The first-order chi connectivity index (χ1) is 7.58. The molecule has 82 valence electrons. The fourth-order valence-electron chi connectivity index (χ4n) is 1.30. The minimum Gasteiger partial charge on any atom is -0.477 e. The number of hydrogen-bond donors (Lipinski definition) is 2. The predicted octanol–water partition coefficient (Wildman–Crippen LogP) is 1.79. The van der Waals surface area contributed by atoms with E-state index in [0.717, 1.165) is 16.9 Å². The molecular formula is C10H9N3O2S. The van der Waals surface area contributed by atoms with Crippen LogP contribution in [-0.2, 0) is 0 Å². The van der Waals surface area contributed by atoms with Crippen LogP contribution in [-0.4, -0.2) is 21.0 Å². The third kappa shape index (κ3) is 1.87. The number of rotatable bonds is 2. The van der Waals surface area contributed by atoms with Gasteiger partial charge in [-0.25, -0.2) is 14.8 Å². The predicted molar refractivity (Wildman–Crippen MR) is 61.5 cm³/mol. The van der Waals surface area contributed by atoms with Crippen LogP contribution in [0.25, 0.3) is 10.6 Å². The van der Waals surface area contributed by atoms with Gasteiger partial charge in [0.05, 0.1) is 5.69 Å². The zero-order valence-electron chi connectivity index (χ0n) is 8.47. The van der Waals surface area contributed by atoms with Crippen LogP contribution in [0.5, 0.6) is 0 Å². The molecule has 0 unspecified atom stereocenters. The molecule has 0 saturated heterocycles. The number of nitrogen functional groups attached to an aromatic ring is 1. The van der Waals surface area contributed by atoms with Gasteiger partial charge in [0.25, 0.3) is 0 Å². The number of pyridine rings is 1. The first kappa shape index (κ1) is 10.6. The quantitative estimate of drug-likeness (QED) is 0.828. The summed E-state index contributed by atoms with van der Waals surface area (Å²) < 4.78 is 0. The van der Waals surface area contributed by atoms with Crippen molar-refractivity contribution in [1.29, 1.82) is 0 Å². The number of aryl methyl sites for hydroxylation is 1. The van der Waals surface area contributed by atoms with E-state index in [9.17, 15) is 4.79 Å². The summed E-state index contributed by atoms with van der Waals surface area (Å²) in [5, 5.41) is 9.56. The molecule has 16 heavy (non-hydrogen) atoms. The molecule has 0 bridgehead atoms. The van der Waals surface area contributed by atoms with Crippen molar-refractivity contribution in [1.82, 2.24) is 9.97 Å². The number of nitrogens with zero attached hydrogens (tertiary/aromatic N) is 2. The number of carboxylic acids is 1. The highest BCUT2D eigenvalue weighted by Gasteiger charge is 2.14. The van der Waals surface area contributed by atoms with E-state index in [-0.39, 0.29) is 4.88 Å². The number of thiazole rings is 1. The Kier molecular flexibility index (Phi) is 2.57. The molecule has 0 amide bonds. The summed E-state index contributed by atoms with van der Waals surface area (Å²) in [5.41, 5.74) is 6.85. The van der Waals surface area contributed by atoms with Crippen molar-refractivity contribution >= 4 is 23.1 Å². The van der Waals surface area contributed by atoms with Gasteiger partial charge in [0.2, 0.25) is 0 Å². The van der Waals surface area contributed by atoms with Crippen LogP contribution in [0.3, 0.4) is 0 Å². The summed E-state index contributed by atoms with van der Waals surface area (Å²) in [7, 11) is 0. The van der Waals surface area contributed by atoms with E-state index < -0.39 is 5.97 Å². The van der Waals surface area contributed by atoms with Gasteiger partial charge in [-0.05, 0) is 19.1 Å². The second-order valence-corrected chi connectivity index (χ2v) is 4.21. The zero-order valence-corrected chi connectivity index (χ0v) is 9.28. The Balaban J connectivity index is 2.49. The molecule has 0 aliphatic carbocycles. The number of aromatic carboxylic acids is 1. The summed E-state index contributed by atoms with van der Waals surface area (Å²) >= 11 is 1.14. The van der Waals surface area contributed by atoms with E-state index in [1.165, 1.54) is 0 Å². The van der Waals surface area contributed by atoms with Crippen LogP contribution in [0.4, 0.5) is 5.82 Å². The minimum absolute atomic E-state index is 0.255. The van der Waals surface area contributed by atoms with Gasteiger partial charge in [-0.2, -0.15) is 0 Å². The summed E-state index contributed by atoms with van der Waals surface area (Å²) in [6.07, 6.45) is 1.57. The minimum atomic E-state index is -0.955. The molecule has 0 fully saturated rings. The largest absolute Gasteiger partial charge is 0.477 e. The molecule has 0 aliphatic heterocycles. The monoisotopic (exact) mass is 235 g/mol. The van der Waals surface area contributed by atoms with Crippen LogP contribution in [0.1, 0.15) is 15.4 Å². The summed E-state index contributed by atoms with van der Waals surface area (Å²) in [6.45, 7) is 1.67. The van der Waals surface area contributed by atoms with Crippen molar-refractivity contribution in [3.8, 4) is 10.6 Å². The Hall–Kier alpha value is -1.95. The molecule has 2 aromatic rings. The third-order valence-corrected chi connectivity index (χ3v) is 3.21. The summed E-state index contributed by atoms with van der Waals surface area (Å²) in [5.74, 6) is -0.564. The van der Waals surface area contributed by atoms with Crippen molar-refractivity contribution in [3.63, 3.8) is 0 Å². The highest BCUT2D eigenvalue weighted by molar-refractivity contribution is 7.17. The lowest BCUT2D eigenvalue weighted by Crippen LogP contribution is -1.94. The molecule has 0 aromatic carbocycles. The first-order valence-corrected chi connectivity index (χ1v) is 5.32. The summed E-state index contributed by atoms with van der Waals surface area (Å²) in [6, 6.07) is 3.42. The van der Waals surface area contributed by atoms with Crippen molar-refractivity contribution in [2.75, 3.05) is 5.73 Å². The van der Waals surface area contributed by atoms with Crippen molar-refractivity contribution in [2.45, 2.75) is 6.92 Å². The van der Waals surface area contributed by atoms with Gasteiger partial charge >= 0.3 is 5.97 Å². The van der Waals surface area contributed by atoms with Gasteiger partial charge in [-0.1, -0.05) is 0 Å². The van der Waals surface area contributed by atoms with Gasteiger partial charge in [0.1, 0.15) is 15.7 Å². The fraction of sp³-hybridized carbons (Fsp3) is 0.100. The van der Waals surface area contributed by atoms with E-state index in [2.05, 4.69) is 9.97 Å². The number of hydrogen-bond acceptors (Lipinski definition) is 5. The normalized spacial score (nSPS) is 10.3. The highest BCUT2D eigenvalue weighted by atomic mass is 32.1. The number of anilines is 1. The van der Waals surface area contributed by atoms with Gasteiger partial charge < -0.3 is 10.8 Å². The van der Waals surface area contributed by atoms with E-state index >= 15 is 0 Å². The molecule has 2 aromatic heterocycles. The van der Waals surface area contributed by atoms with E-state index in [1.807, 2.05) is 0 Å². The van der Waals surface area contributed by atoms with Crippen molar-refractivity contribution < 1.29 is 9.90 Å². The Morgan fingerprint density at radius 1 is 1.56 bits per heavy atom. The van der Waals surface area contributed by atoms with Crippen LogP contribution in [0.2, 0.25) is 0 Å². The zero-order chi connectivity index (χ0) is 11.7. The molecule has 0 saturated carbocycles. The Morgan fingerprint density at radius 2 is 2.31 bits per heavy atom. The highest BCUT2D eigenvalue weighted by Crippen LogP contribution is 2.28. The molecular weight excluding hydrogens is 226 g/mol. The lowest BCUT2D eigenvalue weighted by Gasteiger charge is -1.96. The second-order valence-electron chi connectivity index (χ2n) is 3.21. The summed E-state index contributed by atoms with van der Waals surface area (Å²) in [4.78, 5) is 19.2. The maximum absolute atomic E-state index is 10.9. The maximum Gasteiger partial charge on any atom is 0.347 e. The SMILES string of the molecule is Cc1nc(-c2ccnc(N)c2)sc1C(=O)O. The molecule has 0 spiro atoms. The molecule has 0 radical (unpaired) electrons. The van der Waals surface area contributed by atoms with Gasteiger partial charge in [-0.3, -0.25) is 0 Å². The molecule has 2 heterocycles. The van der Waals surface area contributed by atoms with E-state index in [4.69, 9.17) is 10.8 Å². The van der Waals surface area contributed by atoms with E-state index in [1.54, 1.807) is 25.3 Å². The van der Waals surface area contributed by atoms with Gasteiger partial charge in [0.15, 0.2) is 0 Å². The molecule has 3 N–H and O–H groups in total. The number of aromatic nitrogens is 2. The maximum atomic E-state index is 10.9. The van der Waals surface area contributed by atoms with Crippen molar-refractivity contribution in [3.05, 3.63) is 28.9 Å². The van der Waals surface area contributed by atoms with Gasteiger partial charge in [0, 0.05) is 11.8 Å². The Bertz CT molecular complexity index is 551. The topological polar surface area (TPSA) is 89.1 Å². The first-order valence-electron chi connectivity index (χ1n) is 4.50. The third-order valence-electron chi connectivity index (χ3n) is 2.02. The number of carbonyl (C=O) groups is 1. The molecule has 0 atom stereocenters. The van der Waals surface area contributed by atoms with E-state index in [0.29, 0.717) is 16.5 Å². The number of carboxylic acid groups (broad SMARTS) is 1. The molecule has 2 rings (SSSR count). The van der Waals surface area contributed by atoms with Crippen molar-refractivity contribution in [2.24, 2.45) is 0 Å². The Labute approximate surface area is 95.6 Å². The fourth-order valence-corrected chi connectivity index (χ4v) is 2.20. The lowest BCUT2D eigenvalue weighted by atomic mass is 10.3. The smallest absolute Gasteiger partial charge is 0.347 e.